The van der Waals surface area contributed by atoms with Crippen LogP contribution >= 0.6 is 0 Å². The summed E-state index contributed by atoms with van der Waals surface area (Å²) < 4.78 is 9.58. The van der Waals surface area contributed by atoms with Crippen LogP contribution in [0.5, 0.6) is 0 Å². The van der Waals surface area contributed by atoms with Crippen molar-refractivity contribution in [2.24, 2.45) is 0 Å². The molecule has 0 saturated carbocycles. The Labute approximate surface area is 102 Å². The standard InChI is InChI=1S/C11H22N2O4/c1-6-8(7-9(14)16-5)12-13-10(15)17-11(2,3)4/h8,12H,6-7H2,1-5H3,(H,13,15)/t8-/m1/s1. The highest BCUT2D eigenvalue weighted by Crippen LogP contribution is 2.06. The highest BCUT2D eigenvalue weighted by molar-refractivity contribution is 5.70. The van der Waals surface area contributed by atoms with E-state index in [2.05, 4.69) is 15.6 Å². The second-order valence-electron chi connectivity index (χ2n) is 4.66. The first kappa shape index (κ1) is 15.7. The van der Waals surface area contributed by atoms with Crippen molar-refractivity contribution >= 4 is 12.1 Å². The van der Waals surface area contributed by atoms with Gasteiger partial charge in [-0.05, 0) is 27.2 Å². The Hall–Kier alpha value is -1.30. The van der Waals surface area contributed by atoms with Crippen LogP contribution in [0.2, 0.25) is 0 Å². The fourth-order valence-corrected chi connectivity index (χ4v) is 1.05. The first-order chi connectivity index (χ1) is 7.78. The molecule has 0 aliphatic carbocycles. The summed E-state index contributed by atoms with van der Waals surface area (Å²) in [6, 6.07) is -0.171. The zero-order valence-corrected chi connectivity index (χ0v) is 11.1. The van der Waals surface area contributed by atoms with Gasteiger partial charge in [0.05, 0.1) is 13.5 Å². The van der Waals surface area contributed by atoms with Crippen LogP contribution in [-0.4, -0.2) is 30.8 Å². The van der Waals surface area contributed by atoms with Crippen LogP contribution in [0.15, 0.2) is 0 Å². The molecule has 1 amide bonds. The number of nitrogens with one attached hydrogen (secondary N) is 2. The molecule has 6 heteroatoms. The number of rotatable bonds is 5. The van der Waals surface area contributed by atoms with Crippen LogP contribution in [0.4, 0.5) is 4.79 Å². The second-order valence-corrected chi connectivity index (χ2v) is 4.66. The van der Waals surface area contributed by atoms with Gasteiger partial charge in [0, 0.05) is 6.04 Å². The molecule has 0 unspecified atom stereocenters. The fourth-order valence-electron chi connectivity index (χ4n) is 1.05. The maximum absolute atomic E-state index is 11.3. The highest BCUT2D eigenvalue weighted by Gasteiger charge is 2.17. The minimum absolute atomic E-state index is 0.171. The van der Waals surface area contributed by atoms with Gasteiger partial charge in [0.15, 0.2) is 0 Å². The molecule has 0 saturated heterocycles. The minimum Gasteiger partial charge on any atom is -0.469 e. The summed E-state index contributed by atoms with van der Waals surface area (Å²) in [4.78, 5) is 22.4. The molecule has 0 bridgehead atoms. The molecular formula is C11H22N2O4. The molecule has 0 aromatic heterocycles. The van der Waals surface area contributed by atoms with E-state index in [1.54, 1.807) is 20.8 Å². The van der Waals surface area contributed by atoms with E-state index in [1.807, 2.05) is 6.92 Å². The third kappa shape index (κ3) is 8.50. The maximum Gasteiger partial charge on any atom is 0.422 e. The zero-order chi connectivity index (χ0) is 13.5. The van der Waals surface area contributed by atoms with Crippen LogP contribution < -0.4 is 10.9 Å². The first-order valence-corrected chi connectivity index (χ1v) is 5.59. The third-order valence-electron chi connectivity index (χ3n) is 1.91. The Morgan fingerprint density at radius 2 is 1.88 bits per heavy atom. The number of methoxy groups -OCH3 is 1. The predicted molar refractivity (Wildman–Crippen MR) is 63.2 cm³/mol. The van der Waals surface area contributed by atoms with Crippen molar-refractivity contribution in [2.75, 3.05) is 7.11 Å². The largest absolute Gasteiger partial charge is 0.469 e. The fraction of sp³-hybridized carbons (Fsp3) is 0.818. The summed E-state index contributed by atoms with van der Waals surface area (Å²) in [6.45, 7) is 7.23. The molecule has 17 heavy (non-hydrogen) atoms. The van der Waals surface area contributed by atoms with Gasteiger partial charge in [-0.25, -0.2) is 10.2 Å². The van der Waals surface area contributed by atoms with Crippen molar-refractivity contribution in [1.29, 1.82) is 0 Å². The Kier molecular flexibility index (Phi) is 6.57. The van der Waals surface area contributed by atoms with Gasteiger partial charge in [-0.2, -0.15) is 0 Å². The van der Waals surface area contributed by atoms with E-state index in [4.69, 9.17) is 4.74 Å². The molecule has 0 rings (SSSR count). The Bertz CT molecular complexity index is 261. The molecule has 0 fully saturated rings. The van der Waals surface area contributed by atoms with E-state index >= 15 is 0 Å². The molecule has 0 aliphatic rings. The number of hydrogen-bond donors (Lipinski definition) is 2. The number of amides is 1. The van der Waals surface area contributed by atoms with Crippen molar-refractivity contribution in [3.05, 3.63) is 0 Å². The lowest BCUT2D eigenvalue weighted by Gasteiger charge is -2.21. The van der Waals surface area contributed by atoms with Crippen LogP contribution in [0.3, 0.4) is 0 Å². The molecule has 100 valence electrons. The van der Waals surface area contributed by atoms with Gasteiger partial charge in [-0.15, -0.1) is 0 Å². The summed E-state index contributed by atoms with van der Waals surface area (Å²) in [7, 11) is 1.33. The van der Waals surface area contributed by atoms with Gasteiger partial charge >= 0.3 is 12.1 Å². The number of esters is 1. The predicted octanol–water partition coefficient (Wildman–Crippen LogP) is 1.36. The zero-order valence-electron chi connectivity index (χ0n) is 11.1. The van der Waals surface area contributed by atoms with Gasteiger partial charge in [0.25, 0.3) is 0 Å². The average molecular weight is 246 g/mol. The molecule has 6 nitrogen and oxygen atoms in total. The normalized spacial score (nSPS) is 12.8. The number of ether oxygens (including phenoxy) is 2. The van der Waals surface area contributed by atoms with Gasteiger partial charge < -0.3 is 9.47 Å². The topological polar surface area (TPSA) is 76.7 Å². The summed E-state index contributed by atoms with van der Waals surface area (Å²) in [5.41, 5.74) is 4.59. The molecule has 1 atom stereocenters. The lowest BCUT2D eigenvalue weighted by atomic mass is 10.2. The molecule has 0 heterocycles. The molecular weight excluding hydrogens is 224 g/mol. The second kappa shape index (κ2) is 7.11. The van der Waals surface area contributed by atoms with E-state index in [0.717, 1.165) is 0 Å². The number of carbonyl (C=O) groups excluding carboxylic acids is 2. The van der Waals surface area contributed by atoms with Gasteiger partial charge in [0.2, 0.25) is 0 Å². The Morgan fingerprint density at radius 1 is 1.29 bits per heavy atom. The summed E-state index contributed by atoms with van der Waals surface area (Å²) in [6.07, 6.45) is 0.314. The van der Waals surface area contributed by atoms with E-state index in [1.165, 1.54) is 7.11 Å². The average Bonchev–Trinajstić information content (AvgIpc) is 2.21. The number of hydrogen-bond acceptors (Lipinski definition) is 5. The molecule has 0 aliphatic heterocycles. The minimum atomic E-state index is -0.569. The smallest absolute Gasteiger partial charge is 0.422 e. The van der Waals surface area contributed by atoms with Crippen molar-refractivity contribution in [2.45, 2.75) is 52.2 Å². The van der Waals surface area contributed by atoms with Crippen molar-refractivity contribution in [3.63, 3.8) is 0 Å². The SMILES string of the molecule is CC[C@H](CC(=O)OC)NNC(=O)OC(C)(C)C. The third-order valence-corrected chi connectivity index (χ3v) is 1.91. The van der Waals surface area contributed by atoms with Crippen LogP contribution in [0.1, 0.15) is 40.5 Å². The quantitative estimate of drug-likeness (QED) is 0.565. The molecule has 0 radical (unpaired) electrons. The van der Waals surface area contributed by atoms with Crippen LogP contribution in [0.25, 0.3) is 0 Å². The molecule has 0 aromatic carbocycles. The van der Waals surface area contributed by atoms with E-state index in [-0.39, 0.29) is 18.4 Å². The van der Waals surface area contributed by atoms with Crippen molar-refractivity contribution in [1.82, 2.24) is 10.9 Å². The maximum atomic E-state index is 11.3. The van der Waals surface area contributed by atoms with E-state index < -0.39 is 11.7 Å². The van der Waals surface area contributed by atoms with Crippen molar-refractivity contribution < 1.29 is 19.1 Å². The lowest BCUT2D eigenvalue weighted by molar-refractivity contribution is -0.141. The summed E-state index contributed by atoms with van der Waals surface area (Å²) in [5.74, 6) is -0.324. The van der Waals surface area contributed by atoms with Crippen LogP contribution in [0, 0.1) is 0 Å². The molecule has 2 N–H and O–H groups in total. The van der Waals surface area contributed by atoms with Gasteiger partial charge in [-0.1, -0.05) is 6.92 Å². The van der Waals surface area contributed by atoms with Gasteiger partial charge in [-0.3, -0.25) is 10.2 Å². The van der Waals surface area contributed by atoms with Crippen molar-refractivity contribution in [3.8, 4) is 0 Å². The number of carbonyl (C=O) groups is 2. The van der Waals surface area contributed by atoms with Gasteiger partial charge in [0.1, 0.15) is 5.60 Å². The summed E-state index contributed by atoms with van der Waals surface area (Å²) >= 11 is 0. The number of hydrazine groups is 1. The van der Waals surface area contributed by atoms with Crippen LogP contribution in [-0.2, 0) is 14.3 Å². The van der Waals surface area contributed by atoms with E-state index in [0.29, 0.717) is 6.42 Å². The monoisotopic (exact) mass is 246 g/mol. The lowest BCUT2D eigenvalue weighted by Crippen LogP contribution is -2.47. The van der Waals surface area contributed by atoms with E-state index in [9.17, 15) is 9.59 Å². The summed E-state index contributed by atoms with van der Waals surface area (Å²) in [5, 5.41) is 0. The molecule has 0 spiro atoms. The first-order valence-electron chi connectivity index (χ1n) is 5.59. The Morgan fingerprint density at radius 3 is 2.29 bits per heavy atom. The highest BCUT2D eigenvalue weighted by atomic mass is 16.6. The molecule has 0 aromatic rings. The Balaban J connectivity index is 3.98.